The van der Waals surface area contributed by atoms with Crippen LogP contribution in [0.4, 0.5) is 23.4 Å². The van der Waals surface area contributed by atoms with Crippen LogP contribution in [0.3, 0.4) is 0 Å². The van der Waals surface area contributed by atoms with Crippen molar-refractivity contribution in [3.63, 3.8) is 0 Å². The van der Waals surface area contributed by atoms with Gasteiger partial charge in [0.15, 0.2) is 11.6 Å². The number of hydrogen-bond donors (Lipinski definition) is 1. The molecular formula is C25H32F4N6O. The minimum Gasteiger partial charge on any atom is -0.402 e. The van der Waals surface area contributed by atoms with Gasteiger partial charge < -0.3 is 15.0 Å². The molecule has 2 aliphatic carbocycles. The SMILES string of the molecule is CC(C)Cc1nc(-c2cnc(N)c(OC(F)(F)F)c2)cn1[C@@H]1C2=CC(N3CCN(CCF)CC3)C[C@H]21. The third-order valence-corrected chi connectivity index (χ3v) is 7.30. The maximum Gasteiger partial charge on any atom is 0.573 e. The summed E-state index contributed by atoms with van der Waals surface area (Å²) in [4.78, 5) is 13.3. The number of rotatable bonds is 8. The molecule has 36 heavy (non-hydrogen) atoms. The fourth-order valence-corrected chi connectivity index (χ4v) is 5.54. The maximum atomic E-state index is 12.8. The van der Waals surface area contributed by atoms with Gasteiger partial charge >= 0.3 is 6.36 Å². The fourth-order valence-electron chi connectivity index (χ4n) is 5.54. The molecule has 0 spiro atoms. The van der Waals surface area contributed by atoms with Crippen LogP contribution in [-0.4, -0.2) is 76.1 Å². The lowest BCUT2D eigenvalue weighted by atomic mass is 10.1. The summed E-state index contributed by atoms with van der Waals surface area (Å²) in [5.41, 5.74) is 7.98. The molecule has 196 valence electrons. The number of hydrogen-bond acceptors (Lipinski definition) is 6. The number of imidazole rings is 1. The van der Waals surface area contributed by atoms with Crippen LogP contribution in [0.2, 0.25) is 0 Å². The quantitative estimate of drug-likeness (QED) is 0.428. The highest BCUT2D eigenvalue weighted by molar-refractivity contribution is 5.64. The van der Waals surface area contributed by atoms with E-state index in [2.05, 4.69) is 44.0 Å². The summed E-state index contributed by atoms with van der Waals surface area (Å²) in [6, 6.07) is 1.89. The van der Waals surface area contributed by atoms with Crippen molar-refractivity contribution in [3.8, 4) is 17.0 Å². The number of alkyl halides is 4. The van der Waals surface area contributed by atoms with Crippen LogP contribution in [-0.2, 0) is 6.42 Å². The van der Waals surface area contributed by atoms with Crippen LogP contribution >= 0.6 is 0 Å². The van der Waals surface area contributed by atoms with E-state index in [0.717, 1.165) is 44.8 Å². The van der Waals surface area contributed by atoms with Crippen molar-refractivity contribution in [3.05, 3.63) is 35.9 Å². The number of nitrogens with two attached hydrogens (primary N) is 1. The first-order valence-electron chi connectivity index (χ1n) is 12.5. The highest BCUT2D eigenvalue weighted by Gasteiger charge is 2.52. The average molecular weight is 509 g/mol. The summed E-state index contributed by atoms with van der Waals surface area (Å²) in [6.07, 6.45) is 2.66. The zero-order valence-corrected chi connectivity index (χ0v) is 20.5. The van der Waals surface area contributed by atoms with Crippen molar-refractivity contribution in [2.75, 3.05) is 45.1 Å². The topological polar surface area (TPSA) is 72.4 Å². The predicted octanol–water partition coefficient (Wildman–Crippen LogP) is 4.08. The molecule has 5 rings (SSSR count). The van der Waals surface area contributed by atoms with Gasteiger partial charge in [0.25, 0.3) is 0 Å². The van der Waals surface area contributed by atoms with Gasteiger partial charge in [-0.15, -0.1) is 13.2 Å². The Morgan fingerprint density at radius 1 is 1.19 bits per heavy atom. The third-order valence-electron chi connectivity index (χ3n) is 7.30. The number of anilines is 1. The van der Waals surface area contributed by atoms with E-state index in [0.29, 0.717) is 35.7 Å². The van der Waals surface area contributed by atoms with Gasteiger partial charge in [-0.25, -0.2) is 14.4 Å². The van der Waals surface area contributed by atoms with E-state index in [-0.39, 0.29) is 18.5 Å². The molecule has 2 N–H and O–H groups in total. The van der Waals surface area contributed by atoms with Crippen molar-refractivity contribution in [1.29, 1.82) is 0 Å². The second-order valence-electron chi connectivity index (χ2n) is 10.3. The molecule has 2 aromatic rings. The zero-order chi connectivity index (χ0) is 25.6. The van der Waals surface area contributed by atoms with Crippen LogP contribution < -0.4 is 10.5 Å². The molecule has 0 radical (unpaired) electrons. The summed E-state index contributed by atoms with van der Waals surface area (Å²) in [6.45, 7) is 8.14. The number of nitrogens with zero attached hydrogens (tertiary/aromatic N) is 5. The van der Waals surface area contributed by atoms with Crippen LogP contribution in [0.5, 0.6) is 5.75 Å². The lowest BCUT2D eigenvalue weighted by molar-refractivity contribution is -0.274. The van der Waals surface area contributed by atoms with Gasteiger partial charge in [-0.2, -0.15) is 0 Å². The highest BCUT2D eigenvalue weighted by atomic mass is 19.4. The zero-order valence-electron chi connectivity index (χ0n) is 20.5. The van der Waals surface area contributed by atoms with Crippen LogP contribution in [0.25, 0.3) is 11.3 Å². The summed E-state index contributed by atoms with van der Waals surface area (Å²) >= 11 is 0. The van der Waals surface area contributed by atoms with E-state index < -0.39 is 12.1 Å². The fraction of sp³-hybridized carbons (Fsp3) is 0.600. The normalized spacial score (nSPS) is 24.8. The minimum atomic E-state index is -4.86. The van der Waals surface area contributed by atoms with E-state index in [4.69, 9.17) is 10.7 Å². The first-order chi connectivity index (χ1) is 17.1. The molecule has 0 bridgehead atoms. The van der Waals surface area contributed by atoms with E-state index >= 15 is 0 Å². The number of aromatic nitrogens is 3. The van der Waals surface area contributed by atoms with Crippen molar-refractivity contribution in [2.45, 2.75) is 45.1 Å². The van der Waals surface area contributed by atoms with Gasteiger partial charge in [-0.05, 0) is 24.0 Å². The van der Waals surface area contributed by atoms with Gasteiger partial charge in [-0.1, -0.05) is 19.9 Å². The Hall–Kier alpha value is -2.66. The molecule has 0 aromatic carbocycles. The molecule has 1 saturated carbocycles. The first-order valence-corrected chi connectivity index (χ1v) is 12.5. The first kappa shape index (κ1) is 25.0. The Morgan fingerprint density at radius 2 is 1.94 bits per heavy atom. The second-order valence-corrected chi connectivity index (χ2v) is 10.3. The number of ether oxygens (including phenoxy) is 1. The average Bonchev–Trinajstić information content (AvgIpc) is 3.12. The predicted molar refractivity (Wildman–Crippen MR) is 128 cm³/mol. The summed E-state index contributed by atoms with van der Waals surface area (Å²) in [5.74, 6) is 0.873. The Balaban J connectivity index is 1.34. The van der Waals surface area contributed by atoms with Gasteiger partial charge in [0, 0.05) is 69.1 Å². The largest absolute Gasteiger partial charge is 0.573 e. The Labute approximate surface area is 207 Å². The molecule has 3 aliphatic rings. The molecule has 2 aromatic heterocycles. The molecular weight excluding hydrogens is 476 g/mol. The number of piperazine rings is 1. The maximum absolute atomic E-state index is 12.8. The number of halogens is 4. The summed E-state index contributed by atoms with van der Waals surface area (Å²) in [5, 5.41) is 0. The number of allylic oxidation sites excluding steroid dienone is 1. The van der Waals surface area contributed by atoms with E-state index in [1.54, 1.807) is 0 Å². The van der Waals surface area contributed by atoms with Crippen molar-refractivity contribution >= 4 is 5.82 Å². The molecule has 1 unspecified atom stereocenters. The summed E-state index contributed by atoms with van der Waals surface area (Å²) < 4.78 is 57.2. The minimum absolute atomic E-state index is 0.233. The van der Waals surface area contributed by atoms with Crippen molar-refractivity contribution < 1.29 is 22.3 Å². The molecule has 2 fully saturated rings. The lowest BCUT2D eigenvalue weighted by Gasteiger charge is -2.37. The lowest BCUT2D eigenvalue weighted by Crippen LogP contribution is -2.50. The number of fused-ring (bicyclic) bond motifs is 1. The van der Waals surface area contributed by atoms with Crippen LogP contribution in [0, 0.1) is 11.8 Å². The van der Waals surface area contributed by atoms with E-state index in [1.165, 1.54) is 17.8 Å². The molecule has 0 amide bonds. The van der Waals surface area contributed by atoms with Crippen LogP contribution in [0.1, 0.15) is 32.1 Å². The highest BCUT2D eigenvalue weighted by Crippen LogP contribution is 2.58. The standard InChI is InChI=1S/C25H32F4N6O/c1-15(2)9-22-32-20(16-10-21(24(30)31-13-16)36-25(27,28)29)14-35(22)23-18-11-17(12-19(18)23)34-7-5-33(4-3-26)6-8-34/h10-11,13-15,17,19,23H,3-9,12H2,1-2H3,(H2,30,31)/t17?,19-,23-/m1/s1. The molecule has 3 heterocycles. The van der Waals surface area contributed by atoms with E-state index in [9.17, 15) is 17.6 Å². The Morgan fingerprint density at radius 3 is 2.56 bits per heavy atom. The Bertz CT molecular complexity index is 1120. The number of nitrogen functional groups attached to an aromatic ring is 1. The number of pyridine rings is 1. The van der Waals surface area contributed by atoms with Gasteiger partial charge in [0.05, 0.1) is 11.7 Å². The molecule has 7 nitrogen and oxygen atoms in total. The monoisotopic (exact) mass is 508 g/mol. The smallest absolute Gasteiger partial charge is 0.402 e. The molecule has 1 aliphatic heterocycles. The summed E-state index contributed by atoms with van der Waals surface area (Å²) in [7, 11) is 0. The van der Waals surface area contributed by atoms with Gasteiger partial charge in [0.2, 0.25) is 0 Å². The van der Waals surface area contributed by atoms with Crippen LogP contribution in [0.15, 0.2) is 30.1 Å². The third kappa shape index (κ3) is 5.22. The molecule has 11 heteroatoms. The Kier molecular flexibility index (Phi) is 6.71. The van der Waals surface area contributed by atoms with E-state index in [1.807, 2.05) is 6.20 Å². The van der Waals surface area contributed by atoms with Gasteiger partial charge in [0.1, 0.15) is 12.5 Å². The van der Waals surface area contributed by atoms with Gasteiger partial charge in [-0.3, -0.25) is 9.80 Å². The van der Waals surface area contributed by atoms with Crippen molar-refractivity contribution in [2.24, 2.45) is 11.8 Å². The molecule has 1 saturated heterocycles. The van der Waals surface area contributed by atoms with Crippen molar-refractivity contribution in [1.82, 2.24) is 24.3 Å². The second kappa shape index (κ2) is 9.66. The molecule has 3 atom stereocenters.